The van der Waals surface area contributed by atoms with Crippen LogP contribution in [-0.2, 0) is 19.1 Å². The number of hydrogen-bond donors (Lipinski definition) is 1. The summed E-state index contributed by atoms with van der Waals surface area (Å²) in [5, 5.41) is 9.42. The third-order valence-electron chi connectivity index (χ3n) is 2.00. The number of Topliss-reactive ketones (excluding diaryl/α,β-unsaturated/α-hetero) is 2. The molecule has 1 saturated heterocycles. The van der Waals surface area contributed by atoms with E-state index in [1.54, 1.807) is 0 Å². The molecule has 0 aliphatic carbocycles. The molecule has 5 heteroatoms. The Bertz CT molecular complexity index is 322. The minimum Gasteiger partial charge on any atom is -0.511 e. The van der Waals surface area contributed by atoms with E-state index in [9.17, 15) is 19.5 Å². The van der Waals surface area contributed by atoms with Gasteiger partial charge in [-0.2, -0.15) is 0 Å². The van der Waals surface area contributed by atoms with Crippen LogP contribution in [0.4, 0.5) is 0 Å². The number of cyclic esters (lactones) is 1. The normalized spacial score (nSPS) is 19.0. The summed E-state index contributed by atoms with van der Waals surface area (Å²) in [6, 6.07) is 0. The maximum absolute atomic E-state index is 11.2. The van der Waals surface area contributed by atoms with Crippen molar-refractivity contribution in [2.75, 3.05) is 6.61 Å². The Morgan fingerprint density at radius 3 is 2.60 bits per heavy atom. The van der Waals surface area contributed by atoms with Gasteiger partial charge in [-0.15, -0.1) is 0 Å². The van der Waals surface area contributed by atoms with E-state index in [0.717, 1.165) is 0 Å². The number of aliphatic hydroxyl groups is 1. The Labute approximate surface area is 86.7 Å². The van der Waals surface area contributed by atoms with Crippen LogP contribution >= 0.6 is 0 Å². The second-order valence-electron chi connectivity index (χ2n) is 3.29. The Balaban J connectivity index is 2.76. The highest BCUT2D eigenvalue weighted by Crippen LogP contribution is 2.16. The van der Waals surface area contributed by atoms with Crippen molar-refractivity contribution in [2.45, 2.75) is 26.2 Å². The zero-order chi connectivity index (χ0) is 11.4. The van der Waals surface area contributed by atoms with E-state index in [2.05, 4.69) is 4.74 Å². The predicted octanol–water partition coefficient (Wildman–Crippen LogP) is 0.684. The van der Waals surface area contributed by atoms with Crippen LogP contribution in [0.5, 0.6) is 0 Å². The molecule has 0 radical (unpaired) electrons. The summed E-state index contributed by atoms with van der Waals surface area (Å²) < 4.78 is 4.42. The Kier molecular flexibility index (Phi) is 3.60. The molecule has 0 unspecified atom stereocenters. The first kappa shape index (κ1) is 11.4. The maximum Gasteiger partial charge on any atom is 0.345 e. The molecule has 0 aromatic carbocycles. The average Bonchev–Trinajstić information content (AvgIpc) is 2.46. The maximum atomic E-state index is 11.2. The van der Waals surface area contributed by atoms with E-state index in [0.29, 0.717) is 12.8 Å². The minimum absolute atomic E-state index is 0.199. The molecule has 1 aliphatic heterocycles. The summed E-state index contributed by atoms with van der Waals surface area (Å²) in [4.78, 5) is 33.2. The third-order valence-corrected chi connectivity index (χ3v) is 2.00. The highest BCUT2D eigenvalue weighted by atomic mass is 16.5. The van der Waals surface area contributed by atoms with Crippen LogP contribution < -0.4 is 0 Å². The Morgan fingerprint density at radius 1 is 1.47 bits per heavy atom. The van der Waals surface area contributed by atoms with Crippen LogP contribution in [0.2, 0.25) is 0 Å². The Hall–Kier alpha value is -1.65. The molecule has 82 valence electrons. The van der Waals surface area contributed by atoms with E-state index < -0.39 is 17.5 Å². The number of carbonyl (C=O) groups is 3. The van der Waals surface area contributed by atoms with Gasteiger partial charge < -0.3 is 9.84 Å². The summed E-state index contributed by atoms with van der Waals surface area (Å²) in [5.41, 5.74) is -0.376. The molecule has 0 saturated carbocycles. The van der Waals surface area contributed by atoms with Crippen molar-refractivity contribution in [1.82, 2.24) is 0 Å². The highest BCUT2D eigenvalue weighted by Gasteiger charge is 2.32. The van der Waals surface area contributed by atoms with Crippen LogP contribution in [0.1, 0.15) is 26.2 Å². The molecule has 0 spiro atoms. The topological polar surface area (TPSA) is 80.7 Å². The molecular formula is C10H12O5. The summed E-state index contributed by atoms with van der Waals surface area (Å²) in [6.07, 6.45) is 0.713. The fourth-order valence-electron chi connectivity index (χ4n) is 1.31. The number of carbonyl (C=O) groups excluding carboxylic acids is 3. The van der Waals surface area contributed by atoms with Gasteiger partial charge in [0.2, 0.25) is 5.78 Å². The second kappa shape index (κ2) is 4.72. The van der Waals surface area contributed by atoms with Gasteiger partial charge in [0.15, 0.2) is 6.61 Å². The predicted molar refractivity (Wildman–Crippen MR) is 50.2 cm³/mol. The van der Waals surface area contributed by atoms with Gasteiger partial charge >= 0.3 is 5.97 Å². The largest absolute Gasteiger partial charge is 0.511 e. The standard InChI is InChI=1S/C10H12O5/c1-2-3-6(11)4-7(12)9-8(13)5-15-10(9)14/h12H,2-5H2,1H3/b9-7-. The fraction of sp³-hybridized carbons (Fsp3) is 0.500. The smallest absolute Gasteiger partial charge is 0.345 e. The van der Waals surface area contributed by atoms with Crippen LogP contribution in [0.3, 0.4) is 0 Å². The molecule has 0 amide bonds. The van der Waals surface area contributed by atoms with Gasteiger partial charge in [-0.05, 0) is 6.42 Å². The fourth-order valence-corrected chi connectivity index (χ4v) is 1.31. The van der Waals surface area contributed by atoms with Crippen molar-refractivity contribution in [2.24, 2.45) is 0 Å². The third kappa shape index (κ3) is 2.65. The molecule has 1 N–H and O–H groups in total. The second-order valence-corrected chi connectivity index (χ2v) is 3.29. The van der Waals surface area contributed by atoms with Gasteiger partial charge in [-0.1, -0.05) is 6.92 Å². The van der Waals surface area contributed by atoms with Crippen molar-refractivity contribution >= 4 is 17.5 Å². The monoisotopic (exact) mass is 212 g/mol. The van der Waals surface area contributed by atoms with Crippen LogP contribution in [0.25, 0.3) is 0 Å². The number of hydrogen-bond acceptors (Lipinski definition) is 5. The lowest BCUT2D eigenvalue weighted by Crippen LogP contribution is -2.09. The van der Waals surface area contributed by atoms with Gasteiger partial charge in [-0.25, -0.2) is 4.79 Å². The van der Waals surface area contributed by atoms with E-state index >= 15 is 0 Å². The number of aliphatic hydroxyl groups excluding tert-OH is 1. The molecule has 1 heterocycles. The van der Waals surface area contributed by atoms with Crippen molar-refractivity contribution < 1.29 is 24.2 Å². The van der Waals surface area contributed by atoms with E-state index in [-0.39, 0.29) is 24.4 Å². The van der Waals surface area contributed by atoms with Crippen LogP contribution in [0, 0.1) is 0 Å². The van der Waals surface area contributed by atoms with Gasteiger partial charge in [0.05, 0.1) is 6.42 Å². The first-order valence-electron chi connectivity index (χ1n) is 4.70. The molecule has 0 atom stereocenters. The molecule has 0 bridgehead atoms. The van der Waals surface area contributed by atoms with Gasteiger partial charge in [0.1, 0.15) is 17.1 Å². The molecule has 5 nitrogen and oxygen atoms in total. The molecule has 1 aliphatic rings. The quantitative estimate of drug-likeness (QED) is 0.321. The van der Waals surface area contributed by atoms with E-state index in [1.807, 2.05) is 6.92 Å². The lowest BCUT2D eigenvalue weighted by Gasteiger charge is -1.99. The molecule has 1 fully saturated rings. The number of ether oxygens (including phenoxy) is 1. The zero-order valence-electron chi connectivity index (χ0n) is 8.41. The number of rotatable bonds is 4. The van der Waals surface area contributed by atoms with Crippen molar-refractivity contribution in [1.29, 1.82) is 0 Å². The van der Waals surface area contributed by atoms with Crippen molar-refractivity contribution in [3.63, 3.8) is 0 Å². The lowest BCUT2D eigenvalue weighted by atomic mass is 10.1. The molecule has 1 rings (SSSR count). The van der Waals surface area contributed by atoms with Gasteiger partial charge in [0.25, 0.3) is 0 Å². The Morgan fingerprint density at radius 2 is 2.13 bits per heavy atom. The first-order chi connectivity index (χ1) is 7.06. The summed E-state index contributed by atoms with van der Waals surface area (Å²) in [5.74, 6) is -2.08. The number of allylic oxidation sites excluding steroid dienone is 1. The lowest BCUT2D eigenvalue weighted by molar-refractivity contribution is -0.135. The average molecular weight is 212 g/mol. The molecular weight excluding hydrogens is 200 g/mol. The first-order valence-corrected chi connectivity index (χ1v) is 4.70. The SMILES string of the molecule is CCCC(=O)C/C(O)=C1\C(=O)COC1=O. The van der Waals surface area contributed by atoms with Crippen LogP contribution in [-0.4, -0.2) is 29.2 Å². The van der Waals surface area contributed by atoms with Crippen LogP contribution in [0.15, 0.2) is 11.3 Å². The highest BCUT2D eigenvalue weighted by molar-refractivity contribution is 6.22. The molecule has 15 heavy (non-hydrogen) atoms. The summed E-state index contributed by atoms with van der Waals surface area (Å²) in [6.45, 7) is 1.48. The van der Waals surface area contributed by atoms with Gasteiger partial charge in [0, 0.05) is 6.42 Å². The summed E-state index contributed by atoms with van der Waals surface area (Å²) >= 11 is 0. The molecule has 0 aromatic heterocycles. The van der Waals surface area contributed by atoms with Gasteiger partial charge in [-0.3, -0.25) is 9.59 Å². The summed E-state index contributed by atoms with van der Waals surface area (Å²) in [7, 11) is 0. The number of esters is 1. The minimum atomic E-state index is -0.846. The number of ketones is 2. The van der Waals surface area contributed by atoms with Crippen molar-refractivity contribution in [3.8, 4) is 0 Å². The molecule has 0 aromatic rings. The van der Waals surface area contributed by atoms with Crippen molar-refractivity contribution in [3.05, 3.63) is 11.3 Å². The van der Waals surface area contributed by atoms with E-state index in [4.69, 9.17) is 0 Å². The van der Waals surface area contributed by atoms with E-state index in [1.165, 1.54) is 0 Å². The zero-order valence-corrected chi connectivity index (χ0v) is 8.41.